The summed E-state index contributed by atoms with van der Waals surface area (Å²) in [7, 11) is 0. The van der Waals surface area contributed by atoms with E-state index in [4.69, 9.17) is 9.15 Å². The van der Waals surface area contributed by atoms with Crippen molar-refractivity contribution in [2.45, 2.75) is 5.66 Å². The lowest BCUT2D eigenvalue weighted by atomic mass is 9.84. The van der Waals surface area contributed by atoms with E-state index in [9.17, 15) is 0 Å². The first kappa shape index (κ1) is 22.0. The average Bonchev–Trinajstić information content (AvgIpc) is 3.83. The third kappa shape index (κ3) is 2.58. The third-order valence-electron chi connectivity index (χ3n) is 8.80. The molecular formula is C36H22N4O2+2. The minimum absolute atomic E-state index is 0.588. The zero-order chi connectivity index (χ0) is 27.4. The predicted octanol–water partition coefficient (Wildman–Crippen LogP) is 6.74. The monoisotopic (exact) mass is 542 g/mol. The van der Waals surface area contributed by atoms with Crippen LogP contribution in [0.15, 0.2) is 138 Å². The number of hydrogen-bond donors (Lipinski definition) is 0. The molecule has 6 nitrogen and oxygen atoms in total. The minimum Gasteiger partial charge on any atom is -0.455 e. The van der Waals surface area contributed by atoms with Crippen molar-refractivity contribution < 1.29 is 18.4 Å². The molecule has 0 aliphatic carbocycles. The molecule has 0 amide bonds. The Labute approximate surface area is 240 Å². The molecule has 0 saturated heterocycles. The molecule has 7 aromatic rings. The van der Waals surface area contributed by atoms with E-state index < -0.39 is 5.66 Å². The Morgan fingerprint density at radius 2 is 1.52 bits per heavy atom. The summed E-state index contributed by atoms with van der Waals surface area (Å²) in [6.07, 6.45) is 8.28. The summed E-state index contributed by atoms with van der Waals surface area (Å²) in [4.78, 5) is 4.63. The normalized spacial score (nSPS) is 16.4. The maximum Gasteiger partial charge on any atom is 0.447 e. The summed E-state index contributed by atoms with van der Waals surface area (Å²) in [5, 5.41) is 0. The molecule has 3 aliphatic heterocycles. The molecular weight excluding hydrogens is 520 g/mol. The van der Waals surface area contributed by atoms with Crippen LogP contribution < -0.4 is 14.0 Å². The molecule has 1 unspecified atom stereocenters. The van der Waals surface area contributed by atoms with E-state index in [0.717, 1.165) is 62.0 Å². The summed E-state index contributed by atoms with van der Waals surface area (Å²) >= 11 is 0. The number of fused-ring (bicyclic) bond motifs is 4. The largest absolute Gasteiger partial charge is 0.455 e. The molecule has 196 valence electrons. The maximum atomic E-state index is 6.65. The SMILES string of the molecule is c1ccc(-c2cnc(-c3cccc(-c4ccc5c6c4-c4cccc[n+]4C64c6c(cccc6-n6ccc[n+]64)O5)c3)o2)cc1. The lowest BCUT2D eigenvalue weighted by Crippen LogP contribution is -2.73. The number of pyridine rings is 1. The van der Waals surface area contributed by atoms with Crippen LogP contribution in [0.3, 0.4) is 0 Å². The summed E-state index contributed by atoms with van der Waals surface area (Å²) in [5.41, 5.74) is 9.34. The van der Waals surface area contributed by atoms with Gasteiger partial charge in [-0.1, -0.05) is 48.5 Å². The van der Waals surface area contributed by atoms with Crippen LogP contribution in [-0.2, 0) is 5.66 Å². The molecule has 0 fully saturated rings. The fourth-order valence-electron chi connectivity index (χ4n) is 7.19. The van der Waals surface area contributed by atoms with Crippen LogP contribution in [0.2, 0.25) is 0 Å². The molecule has 3 aromatic heterocycles. The first-order valence-corrected chi connectivity index (χ1v) is 14.0. The van der Waals surface area contributed by atoms with E-state index in [-0.39, 0.29) is 0 Å². The Morgan fingerprint density at radius 3 is 2.48 bits per heavy atom. The molecule has 3 aliphatic rings. The maximum absolute atomic E-state index is 6.65. The quantitative estimate of drug-likeness (QED) is 0.232. The molecule has 0 saturated carbocycles. The molecule has 0 N–H and O–H groups in total. The molecule has 0 bridgehead atoms. The van der Waals surface area contributed by atoms with Crippen molar-refractivity contribution in [3.05, 3.63) is 145 Å². The van der Waals surface area contributed by atoms with Crippen LogP contribution in [0.1, 0.15) is 11.1 Å². The Balaban J connectivity index is 1.21. The van der Waals surface area contributed by atoms with Crippen LogP contribution in [-0.4, -0.2) is 9.67 Å². The van der Waals surface area contributed by atoms with E-state index >= 15 is 0 Å². The van der Waals surface area contributed by atoms with Gasteiger partial charge < -0.3 is 9.15 Å². The van der Waals surface area contributed by atoms with E-state index in [1.165, 1.54) is 5.56 Å². The lowest BCUT2D eigenvalue weighted by Gasteiger charge is -2.24. The Kier molecular flexibility index (Phi) is 4.04. The number of nitrogens with zero attached hydrogens (tertiary/aromatic N) is 4. The van der Waals surface area contributed by atoms with Gasteiger partial charge in [-0.15, -0.1) is 9.25 Å². The summed E-state index contributed by atoms with van der Waals surface area (Å²) < 4.78 is 19.8. The van der Waals surface area contributed by atoms with Crippen molar-refractivity contribution >= 4 is 0 Å². The second-order valence-corrected chi connectivity index (χ2v) is 10.9. The number of aromatic nitrogens is 4. The zero-order valence-electron chi connectivity index (χ0n) is 22.3. The van der Waals surface area contributed by atoms with Gasteiger partial charge in [0, 0.05) is 29.3 Å². The Morgan fingerprint density at radius 1 is 0.690 bits per heavy atom. The smallest absolute Gasteiger partial charge is 0.447 e. The van der Waals surface area contributed by atoms with Gasteiger partial charge in [0.2, 0.25) is 17.8 Å². The fraction of sp³-hybridized carbons (Fsp3) is 0.0278. The van der Waals surface area contributed by atoms with Gasteiger partial charge in [0.15, 0.2) is 23.1 Å². The van der Waals surface area contributed by atoms with E-state index in [1.54, 1.807) is 6.20 Å². The van der Waals surface area contributed by atoms with Gasteiger partial charge >= 0.3 is 5.66 Å². The fourth-order valence-corrected chi connectivity index (χ4v) is 7.19. The molecule has 42 heavy (non-hydrogen) atoms. The molecule has 6 heterocycles. The number of oxazole rings is 1. The molecule has 10 rings (SSSR count). The highest BCUT2D eigenvalue weighted by Crippen LogP contribution is 2.57. The van der Waals surface area contributed by atoms with Crippen LogP contribution in [0.4, 0.5) is 0 Å². The Hall–Kier alpha value is -5.75. The van der Waals surface area contributed by atoms with Crippen LogP contribution in [0, 0.1) is 0 Å². The average molecular weight is 543 g/mol. The molecule has 1 spiro atoms. The first-order valence-electron chi connectivity index (χ1n) is 14.0. The second kappa shape index (κ2) is 7.71. The number of benzene rings is 4. The van der Waals surface area contributed by atoms with Gasteiger partial charge in [-0.25, -0.2) is 4.98 Å². The lowest BCUT2D eigenvalue weighted by molar-refractivity contribution is -0.988. The van der Waals surface area contributed by atoms with Gasteiger partial charge in [0.25, 0.3) is 0 Å². The molecule has 6 heteroatoms. The minimum atomic E-state index is -0.588. The number of ether oxygens (including phenoxy) is 1. The summed E-state index contributed by atoms with van der Waals surface area (Å²) in [6.45, 7) is 0. The van der Waals surface area contributed by atoms with Crippen molar-refractivity contribution in [2.75, 3.05) is 0 Å². The second-order valence-electron chi connectivity index (χ2n) is 10.9. The van der Waals surface area contributed by atoms with Crippen molar-refractivity contribution in [1.82, 2.24) is 9.67 Å². The van der Waals surface area contributed by atoms with Crippen LogP contribution in [0.25, 0.3) is 50.8 Å². The third-order valence-corrected chi connectivity index (χ3v) is 8.80. The molecule has 0 radical (unpaired) electrons. The van der Waals surface area contributed by atoms with E-state index in [0.29, 0.717) is 5.89 Å². The topological polar surface area (TPSA) is 48.0 Å². The van der Waals surface area contributed by atoms with E-state index in [1.807, 2.05) is 30.3 Å². The number of hydrogen-bond acceptors (Lipinski definition) is 3. The van der Waals surface area contributed by atoms with Crippen molar-refractivity contribution in [2.24, 2.45) is 0 Å². The van der Waals surface area contributed by atoms with Gasteiger partial charge in [-0.2, -0.15) is 0 Å². The van der Waals surface area contributed by atoms with Gasteiger partial charge in [0.1, 0.15) is 17.2 Å². The summed E-state index contributed by atoms with van der Waals surface area (Å²) in [6, 6.07) is 37.7. The van der Waals surface area contributed by atoms with Crippen LogP contribution in [0.5, 0.6) is 11.5 Å². The van der Waals surface area contributed by atoms with Crippen molar-refractivity contribution in [1.29, 1.82) is 0 Å². The van der Waals surface area contributed by atoms with Crippen molar-refractivity contribution in [3.8, 4) is 62.3 Å². The van der Waals surface area contributed by atoms with Gasteiger partial charge in [-0.3, -0.25) is 0 Å². The van der Waals surface area contributed by atoms with E-state index in [2.05, 4.69) is 116 Å². The van der Waals surface area contributed by atoms with Crippen molar-refractivity contribution in [3.63, 3.8) is 0 Å². The summed E-state index contributed by atoms with van der Waals surface area (Å²) in [5.74, 6) is 3.12. The highest BCUT2D eigenvalue weighted by molar-refractivity contribution is 5.89. The number of rotatable bonds is 3. The highest BCUT2D eigenvalue weighted by atomic mass is 16.5. The van der Waals surface area contributed by atoms with Gasteiger partial charge in [-0.05, 0) is 58.3 Å². The van der Waals surface area contributed by atoms with Crippen LogP contribution >= 0.6 is 0 Å². The standard InChI is InChI=1S/C36H22N4O2/c1-2-9-23(10-3-1)31-22-37-35(42-31)25-12-6-11-24(21-25)26-16-17-30-34-32(26)27-13-4-5-18-38(27)36(34)33-28(14-7-15-29(33)41-30)39-19-8-20-40(36)39/h1-22H/q+2. The molecule has 4 aromatic carbocycles. The zero-order valence-corrected chi connectivity index (χ0v) is 22.3. The highest BCUT2D eigenvalue weighted by Gasteiger charge is 2.72. The van der Waals surface area contributed by atoms with Gasteiger partial charge in [0.05, 0.1) is 18.0 Å². The molecule has 1 atom stereocenters. The predicted molar refractivity (Wildman–Crippen MR) is 156 cm³/mol. The first-order chi connectivity index (χ1) is 20.8. The Bertz CT molecular complexity index is 2250.